The molecule has 0 atom stereocenters. The van der Waals surface area contributed by atoms with E-state index < -0.39 is 0 Å². The Morgan fingerprint density at radius 1 is 1.25 bits per heavy atom. The van der Waals surface area contributed by atoms with Gasteiger partial charge in [0.1, 0.15) is 0 Å². The molecule has 0 aromatic rings. The molecule has 92 valence electrons. The largest absolute Gasteiger partial charge is 0.355 e. The van der Waals surface area contributed by atoms with E-state index in [2.05, 4.69) is 33.0 Å². The van der Waals surface area contributed by atoms with Crippen molar-refractivity contribution in [2.75, 3.05) is 13.1 Å². The van der Waals surface area contributed by atoms with E-state index in [0.717, 1.165) is 19.4 Å². The van der Waals surface area contributed by atoms with E-state index in [1.165, 1.54) is 0 Å². The van der Waals surface area contributed by atoms with Crippen LogP contribution >= 0.6 is 0 Å². The zero-order valence-corrected chi connectivity index (χ0v) is 10.9. The van der Waals surface area contributed by atoms with Gasteiger partial charge < -0.3 is 11.1 Å². The number of carbonyl (C=O) groups excluding carboxylic acids is 1. The molecule has 2 fully saturated rings. The van der Waals surface area contributed by atoms with Crippen molar-refractivity contribution in [3.8, 4) is 0 Å². The highest BCUT2D eigenvalue weighted by atomic mass is 16.2. The fraction of sp³-hybridized carbons (Fsp3) is 0.923. The lowest BCUT2D eigenvalue weighted by atomic mass is 10.0. The van der Waals surface area contributed by atoms with Crippen molar-refractivity contribution in [2.45, 2.75) is 40.5 Å². The molecule has 0 aromatic heterocycles. The maximum absolute atomic E-state index is 11.9. The van der Waals surface area contributed by atoms with Crippen LogP contribution in [0.4, 0.5) is 0 Å². The molecule has 0 heterocycles. The molecule has 0 bridgehead atoms. The van der Waals surface area contributed by atoms with Gasteiger partial charge in [-0.1, -0.05) is 27.7 Å². The Kier molecular flexibility index (Phi) is 2.40. The van der Waals surface area contributed by atoms with Crippen molar-refractivity contribution in [2.24, 2.45) is 27.9 Å². The second kappa shape index (κ2) is 3.22. The molecule has 16 heavy (non-hydrogen) atoms. The summed E-state index contributed by atoms with van der Waals surface area (Å²) in [6, 6.07) is 0. The van der Waals surface area contributed by atoms with Crippen molar-refractivity contribution < 1.29 is 4.79 Å². The predicted octanol–water partition coefficient (Wildman–Crippen LogP) is 1.52. The van der Waals surface area contributed by atoms with Crippen LogP contribution in [0.1, 0.15) is 40.5 Å². The molecule has 0 unspecified atom stereocenters. The van der Waals surface area contributed by atoms with Crippen LogP contribution in [0, 0.1) is 22.2 Å². The summed E-state index contributed by atoms with van der Waals surface area (Å²) >= 11 is 0. The SMILES string of the molecule is CC1(C)C(CNC(=O)C2(CN)CC2)C1(C)C. The Hall–Kier alpha value is -0.570. The third-order valence-electron chi connectivity index (χ3n) is 5.51. The number of hydrogen-bond acceptors (Lipinski definition) is 2. The second-order valence-electron chi connectivity index (χ2n) is 6.69. The number of hydrogen-bond donors (Lipinski definition) is 2. The van der Waals surface area contributed by atoms with Gasteiger partial charge in [-0.3, -0.25) is 4.79 Å². The lowest BCUT2D eigenvalue weighted by molar-refractivity contribution is -0.126. The van der Waals surface area contributed by atoms with Gasteiger partial charge in [-0.25, -0.2) is 0 Å². The van der Waals surface area contributed by atoms with Crippen LogP contribution in [0.5, 0.6) is 0 Å². The number of amides is 1. The van der Waals surface area contributed by atoms with Crippen LogP contribution in [0.25, 0.3) is 0 Å². The van der Waals surface area contributed by atoms with Crippen molar-refractivity contribution >= 4 is 5.91 Å². The molecule has 2 aliphatic carbocycles. The van der Waals surface area contributed by atoms with Crippen LogP contribution in [-0.2, 0) is 4.79 Å². The van der Waals surface area contributed by atoms with Crippen LogP contribution in [0.2, 0.25) is 0 Å². The zero-order chi connectivity index (χ0) is 12.2. The van der Waals surface area contributed by atoms with Crippen molar-refractivity contribution in [3.63, 3.8) is 0 Å². The highest BCUT2D eigenvalue weighted by Gasteiger charge is 2.64. The first-order chi connectivity index (χ1) is 7.28. The standard InChI is InChI=1S/C13H24N2O/c1-11(2)9(12(11,3)4)7-15-10(16)13(8-14)5-6-13/h9H,5-8,14H2,1-4H3,(H,15,16). The summed E-state index contributed by atoms with van der Waals surface area (Å²) in [4.78, 5) is 11.9. The maximum Gasteiger partial charge on any atom is 0.227 e. The summed E-state index contributed by atoms with van der Waals surface area (Å²) in [5.41, 5.74) is 6.13. The van der Waals surface area contributed by atoms with Gasteiger partial charge in [-0.05, 0) is 29.6 Å². The number of carbonyl (C=O) groups is 1. The third-order valence-corrected chi connectivity index (χ3v) is 5.51. The van der Waals surface area contributed by atoms with E-state index in [0.29, 0.717) is 23.3 Å². The Bertz CT molecular complexity index is 302. The molecule has 3 nitrogen and oxygen atoms in total. The molecule has 0 spiro atoms. The molecule has 3 heteroatoms. The molecule has 2 rings (SSSR count). The smallest absolute Gasteiger partial charge is 0.227 e. The summed E-state index contributed by atoms with van der Waals surface area (Å²) in [7, 11) is 0. The highest BCUT2D eigenvalue weighted by molar-refractivity contribution is 5.85. The molecule has 0 radical (unpaired) electrons. The van der Waals surface area contributed by atoms with E-state index in [9.17, 15) is 4.79 Å². The summed E-state index contributed by atoms with van der Waals surface area (Å²) in [6.07, 6.45) is 1.93. The lowest BCUT2D eigenvalue weighted by Gasteiger charge is -2.13. The van der Waals surface area contributed by atoms with Gasteiger partial charge in [-0.2, -0.15) is 0 Å². The average molecular weight is 224 g/mol. The molecule has 3 N–H and O–H groups in total. The maximum atomic E-state index is 11.9. The monoisotopic (exact) mass is 224 g/mol. The minimum absolute atomic E-state index is 0.175. The summed E-state index contributed by atoms with van der Waals surface area (Å²) in [6.45, 7) is 10.4. The van der Waals surface area contributed by atoms with E-state index in [-0.39, 0.29) is 11.3 Å². The van der Waals surface area contributed by atoms with Crippen LogP contribution < -0.4 is 11.1 Å². The molecule has 0 aliphatic heterocycles. The van der Waals surface area contributed by atoms with Crippen LogP contribution in [0.3, 0.4) is 0 Å². The van der Waals surface area contributed by atoms with Gasteiger partial charge in [0, 0.05) is 13.1 Å². The first kappa shape index (κ1) is 11.9. The van der Waals surface area contributed by atoms with E-state index >= 15 is 0 Å². The molecule has 1 amide bonds. The zero-order valence-electron chi connectivity index (χ0n) is 10.9. The van der Waals surface area contributed by atoms with Gasteiger partial charge in [0.25, 0.3) is 0 Å². The fourth-order valence-corrected chi connectivity index (χ4v) is 2.90. The quantitative estimate of drug-likeness (QED) is 0.761. The van der Waals surface area contributed by atoms with E-state index in [1.54, 1.807) is 0 Å². The molecule has 2 saturated carbocycles. The third kappa shape index (κ3) is 1.48. The first-order valence-electron chi connectivity index (χ1n) is 6.26. The second-order valence-corrected chi connectivity index (χ2v) is 6.69. The van der Waals surface area contributed by atoms with Crippen molar-refractivity contribution in [1.29, 1.82) is 0 Å². The molecular formula is C13H24N2O. The lowest BCUT2D eigenvalue weighted by Crippen LogP contribution is -2.38. The number of rotatable bonds is 4. The molecule has 0 aromatic carbocycles. The Balaban J connectivity index is 1.84. The Labute approximate surface area is 98.2 Å². The molecule has 0 saturated heterocycles. The first-order valence-corrected chi connectivity index (χ1v) is 6.26. The van der Waals surface area contributed by atoms with E-state index in [4.69, 9.17) is 5.73 Å². The number of nitrogens with one attached hydrogen (secondary N) is 1. The fourth-order valence-electron chi connectivity index (χ4n) is 2.90. The number of nitrogens with two attached hydrogens (primary N) is 1. The Morgan fingerprint density at radius 2 is 1.75 bits per heavy atom. The van der Waals surface area contributed by atoms with Gasteiger partial charge in [0.05, 0.1) is 5.41 Å². The normalized spacial score (nSPS) is 28.6. The van der Waals surface area contributed by atoms with Gasteiger partial charge >= 0.3 is 0 Å². The Morgan fingerprint density at radius 3 is 2.06 bits per heavy atom. The van der Waals surface area contributed by atoms with Crippen LogP contribution in [0.15, 0.2) is 0 Å². The molecule has 2 aliphatic rings. The topological polar surface area (TPSA) is 55.1 Å². The highest BCUT2D eigenvalue weighted by Crippen LogP contribution is 2.68. The summed E-state index contributed by atoms with van der Waals surface area (Å²) in [5.74, 6) is 0.769. The van der Waals surface area contributed by atoms with E-state index in [1.807, 2.05) is 0 Å². The van der Waals surface area contributed by atoms with Gasteiger partial charge in [0.2, 0.25) is 5.91 Å². The van der Waals surface area contributed by atoms with Crippen molar-refractivity contribution in [1.82, 2.24) is 5.32 Å². The minimum atomic E-state index is -0.205. The minimum Gasteiger partial charge on any atom is -0.355 e. The van der Waals surface area contributed by atoms with Crippen molar-refractivity contribution in [3.05, 3.63) is 0 Å². The molecular weight excluding hydrogens is 200 g/mol. The average Bonchev–Trinajstić information content (AvgIpc) is 3.04. The summed E-state index contributed by atoms with van der Waals surface area (Å²) < 4.78 is 0. The predicted molar refractivity (Wildman–Crippen MR) is 64.8 cm³/mol. The summed E-state index contributed by atoms with van der Waals surface area (Å²) in [5, 5.41) is 3.09. The van der Waals surface area contributed by atoms with Gasteiger partial charge in [-0.15, -0.1) is 0 Å². The van der Waals surface area contributed by atoms with Crippen LogP contribution in [-0.4, -0.2) is 19.0 Å². The van der Waals surface area contributed by atoms with Gasteiger partial charge in [0.15, 0.2) is 0 Å².